The second-order valence-electron chi connectivity index (χ2n) is 7.78. The van der Waals surface area contributed by atoms with Crippen molar-refractivity contribution in [1.82, 2.24) is 4.90 Å². The number of unbranched alkanes of at least 4 members (excludes halogenated alkanes) is 1. The smallest absolute Gasteiger partial charge is 0.290 e. The van der Waals surface area contributed by atoms with Crippen LogP contribution < -0.4 is 4.74 Å². The zero-order valence-corrected chi connectivity index (χ0v) is 19.7. The monoisotopic (exact) mass is 513 g/mol. The lowest BCUT2D eigenvalue weighted by Gasteiger charge is -2.27. The molecule has 0 saturated heterocycles. The number of furan rings is 1. The average Bonchev–Trinajstić information content (AvgIpc) is 3.34. The number of aliphatic hydroxyl groups is 2. The van der Waals surface area contributed by atoms with Gasteiger partial charge in [0.05, 0.1) is 18.2 Å². The van der Waals surface area contributed by atoms with Crippen LogP contribution in [0.3, 0.4) is 0 Å². The third kappa shape index (κ3) is 4.54. The van der Waals surface area contributed by atoms with Crippen molar-refractivity contribution >= 4 is 38.6 Å². The average molecular weight is 514 g/mol. The van der Waals surface area contributed by atoms with Crippen molar-refractivity contribution in [2.75, 3.05) is 19.8 Å². The maximum atomic E-state index is 13.6. The lowest BCUT2D eigenvalue weighted by molar-refractivity contribution is -0.129. The molecule has 7 nitrogen and oxygen atoms in total. The molecule has 0 spiro atoms. The molecule has 0 radical (unpaired) electrons. The fourth-order valence-electron chi connectivity index (χ4n) is 3.99. The number of ketones is 1. The van der Waals surface area contributed by atoms with Gasteiger partial charge in [-0.2, -0.15) is 0 Å². The molecule has 1 atom stereocenters. The second-order valence-corrected chi connectivity index (χ2v) is 8.70. The van der Waals surface area contributed by atoms with Crippen LogP contribution in [0.2, 0.25) is 0 Å². The fraction of sp³-hybridized carbons (Fsp3) is 0.280. The van der Waals surface area contributed by atoms with Crippen molar-refractivity contribution in [2.24, 2.45) is 0 Å². The number of rotatable bonds is 9. The van der Waals surface area contributed by atoms with E-state index in [2.05, 4.69) is 15.9 Å². The summed E-state index contributed by atoms with van der Waals surface area (Å²) in [5, 5.41) is 20.6. The lowest BCUT2D eigenvalue weighted by atomic mass is 9.94. The number of fused-ring (bicyclic) bond motifs is 1. The topological polar surface area (TPSA) is 100 Å². The summed E-state index contributed by atoms with van der Waals surface area (Å²) >= 11 is 3.40. The first-order valence-corrected chi connectivity index (χ1v) is 11.6. The fourth-order valence-corrected chi connectivity index (χ4v) is 4.37. The number of hydrogen-bond donors (Lipinski definition) is 2. The Morgan fingerprint density at radius 2 is 2.03 bits per heavy atom. The van der Waals surface area contributed by atoms with Gasteiger partial charge >= 0.3 is 0 Å². The van der Waals surface area contributed by atoms with Crippen molar-refractivity contribution in [1.29, 1.82) is 0 Å². The molecule has 0 bridgehead atoms. The summed E-state index contributed by atoms with van der Waals surface area (Å²) in [4.78, 5) is 28.0. The minimum absolute atomic E-state index is 0.0199. The number of benzene rings is 2. The van der Waals surface area contributed by atoms with Crippen LogP contribution in [0.25, 0.3) is 11.0 Å². The molecule has 33 heavy (non-hydrogen) atoms. The molecule has 1 aliphatic rings. The molecule has 1 aliphatic heterocycles. The standard InChI is InChI=1S/C25H24BrNO6/c1-2-3-9-27-22(15-5-4-6-18(13-15)32-11-10-28)21(24(30)25(27)31)23(29)20-14-16-12-17(26)7-8-19(16)33-20/h4-8,12-14,22,28,30H,2-3,9-11H2,1H3. The number of aliphatic hydroxyl groups excluding tert-OH is 2. The number of carbonyl (C=O) groups is 2. The Kier molecular flexibility index (Phi) is 6.85. The highest BCUT2D eigenvalue weighted by atomic mass is 79.9. The van der Waals surface area contributed by atoms with Crippen LogP contribution in [-0.4, -0.2) is 46.6 Å². The molecular formula is C25H24BrNO6. The van der Waals surface area contributed by atoms with Crippen LogP contribution in [0.15, 0.2) is 68.8 Å². The molecule has 8 heteroatoms. The Hall–Kier alpha value is -3.10. The maximum Gasteiger partial charge on any atom is 0.290 e. The molecule has 1 amide bonds. The lowest BCUT2D eigenvalue weighted by Crippen LogP contribution is -2.32. The maximum absolute atomic E-state index is 13.6. The molecule has 3 aromatic rings. The SMILES string of the molecule is CCCCN1C(=O)C(O)=C(C(=O)c2cc3cc(Br)ccc3o2)C1c1cccc(OCCO)c1. The van der Waals surface area contributed by atoms with E-state index < -0.39 is 23.5 Å². The van der Waals surface area contributed by atoms with Gasteiger partial charge in [-0.3, -0.25) is 9.59 Å². The van der Waals surface area contributed by atoms with Crippen molar-refractivity contribution in [3.8, 4) is 5.75 Å². The predicted octanol–water partition coefficient (Wildman–Crippen LogP) is 4.94. The van der Waals surface area contributed by atoms with Crippen molar-refractivity contribution < 1.29 is 29.0 Å². The Labute approximate surface area is 199 Å². The molecule has 2 aromatic carbocycles. The van der Waals surface area contributed by atoms with Crippen LogP contribution in [0, 0.1) is 0 Å². The third-order valence-corrected chi connectivity index (χ3v) is 6.03. The quantitative estimate of drug-likeness (QED) is 0.393. The molecule has 0 fully saturated rings. The van der Waals surface area contributed by atoms with Gasteiger partial charge in [0.25, 0.3) is 5.91 Å². The van der Waals surface area contributed by atoms with Gasteiger partial charge in [0.15, 0.2) is 11.5 Å². The highest BCUT2D eigenvalue weighted by Gasteiger charge is 2.44. The molecule has 0 saturated carbocycles. The van der Waals surface area contributed by atoms with Crippen LogP contribution >= 0.6 is 15.9 Å². The van der Waals surface area contributed by atoms with E-state index in [1.165, 1.54) is 4.90 Å². The summed E-state index contributed by atoms with van der Waals surface area (Å²) < 4.78 is 12.1. The largest absolute Gasteiger partial charge is 0.503 e. The van der Waals surface area contributed by atoms with Crippen molar-refractivity contribution in [3.63, 3.8) is 0 Å². The van der Waals surface area contributed by atoms with Gasteiger partial charge in [-0.25, -0.2) is 0 Å². The van der Waals surface area contributed by atoms with E-state index >= 15 is 0 Å². The van der Waals surface area contributed by atoms with Gasteiger partial charge in [0, 0.05) is 16.4 Å². The van der Waals surface area contributed by atoms with E-state index in [-0.39, 0.29) is 24.5 Å². The molecule has 4 rings (SSSR count). The van der Waals surface area contributed by atoms with Gasteiger partial charge in [-0.05, 0) is 48.4 Å². The summed E-state index contributed by atoms with van der Waals surface area (Å²) in [5.41, 5.74) is 1.14. The van der Waals surface area contributed by atoms with E-state index in [9.17, 15) is 14.7 Å². The van der Waals surface area contributed by atoms with Crippen molar-refractivity contribution in [3.05, 3.63) is 75.7 Å². The molecule has 2 N–H and O–H groups in total. The van der Waals surface area contributed by atoms with Gasteiger partial charge in [-0.1, -0.05) is 41.4 Å². The van der Waals surface area contributed by atoms with Crippen LogP contribution in [-0.2, 0) is 4.79 Å². The first-order valence-electron chi connectivity index (χ1n) is 10.8. The van der Waals surface area contributed by atoms with E-state index in [4.69, 9.17) is 14.3 Å². The number of nitrogens with zero attached hydrogens (tertiary/aromatic N) is 1. The first kappa shape index (κ1) is 23.1. The summed E-state index contributed by atoms with van der Waals surface area (Å²) in [5.74, 6) is -1.15. The number of carbonyl (C=O) groups excluding carboxylic acids is 2. The summed E-state index contributed by atoms with van der Waals surface area (Å²) in [6.45, 7) is 2.37. The van der Waals surface area contributed by atoms with E-state index in [1.807, 2.05) is 19.1 Å². The number of amides is 1. The zero-order chi connectivity index (χ0) is 23.5. The first-order chi connectivity index (χ1) is 15.9. The zero-order valence-electron chi connectivity index (χ0n) is 18.1. The third-order valence-electron chi connectivity index (χ3n) is 5.54. The number of Topliss-reactive ketones (excluding diaryl/α,β-unsaturated/α-hetero) is 1. The van der Waals surface area contributed by atoms with Crippen molar-refractivity contribution in [2.45, 2.75) is 25.8 Å². The molecule has 1 aromatic heterocycles. The normalized spacial score (nSPS) is 16.2. The summed E-state index contributed by atoms with van der Waals surface area (Å²) in [6.07, 6.45) is 1.56. The minimum atomic E-state index is -0.783. The van der Waals surface area contributed by atoms with Crippen LogP contribution in [0.4, 0.5) is 0 Å². The molecular weight excluding hydrogens is 490 g/mol. The Morgan fingerprint density at radius 1 is 1.21 bits per heavy atom. The Balaban J connectivity index is 1.77. The van der Waals surface area contributed by atoms with E-state index in [1.54, 1.807) is 36.4 Å². The molecule has 2 heterocycles. The number of halogens is 1. The molecule has 172 valence electrons. The number of ether oxygens (including phenoxy) is 1. The molecule has 0 aliphatic carbocycles. The summed E-state index contributed by atoms with van der Waals surface area (Å²) in [6, 6.07) is 13.2. The van der Waals surface area contributed by atoms with Gasteiger partial charge in [0.2, 0.25) is 5.78 Å². The minimum Gasteiger partial charge on any atom is -0.503 e. The Bertz CT molecular complexity index is 1230. The van der Waals surface area contributed by atoms with Gasteiger partial charge < -0.3 is 24.3 Å². The summed E-state index contributed by atoms with van der Waals surface area (Å²) in [7, 11) is 0. The second kappa shape index (κ2) is 9.80. The van der Waals surface area contributed by atoms with Gasteiger partial charge in [-0.15, -0.1) is 0 Å². The van der Waals surface area contributed by atoms with Crippen LogP contribution in [0.1, 0.15) is 41.9 Å². The number of hydrogen-bond acceptors (Lipinski definition) is 6. The molecule has 1 unspecified atom stereocenters. The van der Waals surface area contributed by atoms with Gasteiger partial charge in [0.1, 0.15) is 17.9 Å². The van der Waals surface area contributed by atoms with Crippen LogP contribution in [0.5, 0.6) is 5.75 Å². The highest BCUT2D eigenvalue weighted by molar-refractivity contribution is 9.10. The van der Waals surface area contributed by atoms with E-state index in [0.29, 0.717) is 23.4 Å². The predicted molar refractivity (Wildman–Crippen MR) is 126 cm³/mol. The van der Waals surface area contributed by atoms with E-state index in [0.717, 1.165) is 22.7 Å². The highest BCUT2D eigenvalue weighted by Crippen LogP contribution is 2.40. The Morgan fingerprint density at radius 3 is 2.79 bits per heavy atom.